The van der Waals surface area contributed by atoms with Gasteiger partial charge < -0.3 is 10.6 Å². The number of nitrogens with zero attached hydrogens (tertiary/aromatic N) is 1. The summed E-state index contributed by atoms with van der Waals surface area (Å²) in [4.78, 5) is 25.3. The van der Waals surface area contributed by atoms with Gasteiger partial charge in [-0.2, -0.15) is 4.31 Å². The van der Waals surface area contributed by atoms with Crippen LogP contribution in [0.25, 0.3) is 0 Å². The van der Waals surface area contributed by atoms with Gasteiger partial charge in [0, 0.05) is 36.4 Å². The highest BCUT2D eigenvalue weighted by atomic mass is 32.2. The maximum absolute atomic E-state index is 12.8. The van der Waals surface area contributed by atoms with E-state index in [-0.39, 0.29) is 28.8 Å². The number of anilines is 1. The Bertz CT molecular complexity index is 1300. The third kappa shape index (κ3) is 5.52. The number of rotatable bonds is 7. The molecule has 2 amide bonds. The predicted molar refractivity (Wildman–Crippen MR) is 131 cm³/mol. The van der Waals surface area contributed by atoms with E-state index in [9.17, 15) is 18.0 Å². The maximum atomic E-state index is 12.8. The van der Waals surface area contributed by atoms with Crippen molar-refractivity contribution in [1.82, 2.24) is 9.62 Å². The molecule has 8 heteroatoms. The highest BCUT2D eigenvalue weighted by molar-refractivity contribution is 7.89. The van der Waals surface area contributed by atoms with Gasteiger partial charge in [-0.05, 0) is 67.8 Å². The van der Waals surface area contributed by atoms with E-state index in [0.717, 1.165) is 24.0 Å². The van der Waals surface area contributed by atoms with Gasteiger partial charge in [-0.15, -0.1) is 0 Å². The van der Waals surface area contributed by atoms with Crippen molar-refractivity contribution < 1.29 is 18.0 Å². The van der Waals surface area contributed by atoms with E-state index >= 15 is 0 Å². The van der Waals surface area contributed by atoms with Crippen LogP contribution in [0.15, 0.2) is 77.7 Å². The van der Waals surface area contributed by atoms with Crippen molar-refractivity contribution >= 4 is 27.5 Å². The van der Waals surface area contributed by atoms with Crippen molar-refractivity contribution in [1.29, 1.82) is 0 Å². The number of hydrogen-bond acceptors (Lipinski definition) is 4. The van der Waals surface area contributed by atoms with Gasteiger partial charge in [0.25, 0.3) is 11.8 Å². The molecule has 34 heavy (non-hydrogen) atoms. The lowest BCUT2D eigenvalue weighted by Crippen LogP contribution is -2.28. The van der Waals surface area contributed by atoms with E-state index in [4.69, 9.17) is 0 Å². The highest BCUT2D eigenvalue weighted by Crippen LogP contribution is 2.21. The predicted octanol–water partition coefficient (Wildman–Crippen LogP) is 3.96. The van der Waals surface area contributed by atoms with Crippen LogP contribution in [0.3, 0.4) is 0 Å². The summed E-state index contributed by atoms with van der Waals surface area (Å²) >= 11 is 0. The van der Waals surface area contributed by atoms with Crippen LogP contribution >= 0.6 is 0 Å². The van der Waals surface area contributed by atoms with E-state index in [1.807, 2.05) is 25.1 Å². The van der Waals surface area contributed by atoms with Crippen LogP contribution in [0.2, 0.25) is 0 Å². The first-order valence-electron chi connectivity index (χ1n) is 11.2. The van der Waals surface area contributed by atoms with Crippen molar-refractivity contribution in [2.75, 3.05) is 18.4 Å². The van der Waals surface area contributed by atoms with Gasteiger partial charge in [-0.1, -0.05) is 35.9 Å². The Kier molecular flexibility index (Phi) is 7.09. The monoisotopic (exact) mass is 477 g/mol. The normalized spacial score (nSPS) is 14.0. The van der Waals surface area contributed by atoms with Crippen molar-refractivity contribution in [2.45, 2.75) is 31.2 Å². The van der Waals surface area contributed by atoms with Crippen LogP contribution in [-0.2, 0) is 16.6 Å². The second-order valence-electron chi connectivity index (χ2n) is 8.34. The number of hydrogen-bond donors (Lipinski definition) is 2. The molecular weight excluding hydrogens is 450 g/mol. The summed E-state index contributed by atoms with van der Waals surface area (Å²) in [6.45, 7) is 3.21. The third-order valence-corrected chi connectivity index (χ3v) is 7.65. The summed E-state index contributed by atoms with van der Waals surface area (Å²) in [6, 6.07) is 20.6. The quantitative estimate of drug-likeness (QED) is 0.538. The van der Waals surface area contributed by atoms with E-state index in [1.54, 1.807) is 42.5 Å². The molecule has 2 N–H and O–H groups in total. The molecular formula is C26H27N3O4S. The Hall–Kier alpha value is -3.49. The molecule has 0 bridgehead atoms. The van der Waals surface area contributed by atoms with E-state index < -0.39 is 10.0 Å². The Balaban J connectivity index is 1.39. The molecule has 0 aliphatic carbocycles. The zero-order chi connectivity index (χ0) is 24.1. The molecule has 1 fully saturated rings. The zero-order valence-electron chi connectivity index (χ0n) is 19.0. The van der Waals surface area contributed by atoms with Crippen LogP contribution in [0.1, 0.15) is 44.7 Å². The average Bonchev–Trinajstić information content (AvgIpc) is 3.39. The molecule has 3 aromatic rings. The van der Waals surface area contributed by atoms with E-state index in [2.05, 4.69) is 10.6 Å². The third-order valence-electron chi connectivity index (χ3n) is 5.75. The number of carbonyl (C=O) groups is 2. The standard InChI is InChI=1S/C26H27N3O4S/c1-19-10-12-21(13-11-19)26(31)28-23-8-4-6-20(16-23)18-27-25(30)22-7-5-9-24(17-22)34(32,33)29-14-2-3-15-29/h4-13,16-17H,2-3,14-15,18H2,1H3,(H,27,30)(H,28,31). The van der Waals surface area contributed by atoms with Crippen molar-refractivity contribution in [3.63, 3.8) is 0 Å². The van der Waals surface area contributed by atoms with Gasteiger partial charge in [0.05, 0.1) is 4.90 Å². The van der Waals surface area contributed by atoms with Crippen LogP contribution < -0.4 is 10.6 Å². The fourth-order valence-electron chi connectivity index (χ4n) is 3.83. The molecule has 1 aliphatic rings. The van der Waals surface area contributed by atoms with Gasteiger partial charge >= 0.3 is 0 Å². The maximum Gasteiger partial charge on any atom is 0.255 e. The number of nitrogens with one attached hydrogen (secondary N) is 2. The Morgan fingerprint density at radius 2 is 1.56 bits per heavy atom. The first-order valence-corrected chi connectivity index (χ1v) is 12.6. The van der Waals surface area contributed by atoms with Crippen molar-refractivity contribution in [3.8, 4) is 0 Å². The summed E-state index contributed by atoms with van der Waals surface area (Å²) in [5.74, 6) is -0.579. The summed E-state index contributed by atoms with van der Waals surface area (Å²) < 4.78 is 27.0. The Morgan fingerprint density at radius 3 is 2.29 bits per heavy atom. The van der Waals surface area contributed by atoms with Gasteiger partial charge in [0.15, 0.2) is 0 Å². The first-order chi connectivity index (χ1) is 16.3. The number of sulfonamides is 1. The second-order valence-corrected chi connectivity index (χ2v) is 10.3. The minimum Gasteiger partial charge on any atom is -0.348 e. The lowest BCUT2D eigenvalue weighted by molar-refractivity contribution is 0.0949. The first kappa shape index (κ1) is 23.7. The zero-order valence-corrected chi connectivity index (χ0v) is 19.8. The van der Waals surface area contributed by atoms with Crippen LogP contribution in [-0.4, -0.2) is 37.6 Å². The smallest absolute Gasteiger partial charge is 0.255 e. The van der Waals surface area contributed by atoms with Crippen molar-refractivity contribution in [2.24, 2.45) is 0 Å². The summed E-state index contributed by atoms with van der Waals surface area (Å²) in [5, 5.41) is 5.69. The molecule has 0 saturated carbocycles. The molecule has 176 valence electrons. The van der Waals surface area contributed by atoms with Crippen molar-refractivity contribution in [3.05, 3.63) is 95.1 Å². The van der Waals surface area contributed by atoms with E-state index in [1.165, 1.54) is 16.4 Å². The fourth-order valence-corrected chi connectivity index (χ4v) is 5.39. The highest BCUT2D eigenvalue weighted by Gasteiger charge is 2.27. The molecule has 0 atom stereocenters. The number of amides is 2. The Morgan fingerprint density at radius 1 is 0.853 bits per heavy atom. The number of carbonyl (C=O) groups excluding carboxylic acids is 2. The summed E-state index contributed by atoms with van der Waals surface area (Å²) in [6.07, 6.45) is 1.70. The molecule has 0 unspecified atom stereocenters. The Labute approximate surface area is 199 Å². The second kappa shape index (κ2) is 10.2. The molecule has 0 radical (unpaired) electrons. The average molecular weight is 478 g/mol. The van der Waals surface area contributed by atoms with Gasteiger partial charge in [-0.25, -0.2) is 8.42 Å². The topological polar surface area (TPSA) is 95.6 Å². The van der Waals surface area contributed by atoms with Crippen LogP contribution in [0, 0.1) is 6.92 Å². The lowest BCUT2D eigenvalue weighted by Gasteiger charge is -2.16. The largest absolute Gasteiger partial charge is 0.348 e. The van der Waals surface area contributed by atoms with E-state index in [0.29, 0.717) is 24.3 Å². The minimum absolute atomic E-state index is 0.128. The SMILES string of the molecule is Cc1ccc(C(=O)Nc2cccc(CNC(=O)c3cccc(S(=O)(=O)N4CCCC4)c3)c2)cc1. The molecule has 1 aliphatic heterocycles. The molecule has 1 heterocycles. The minimum atomic E-state index is -3.59. The van der Waals surface area contributed by atoms with Gasteiger partial charge in [-0.3, -0.25) is 9.59 Å². The molecule has 3 aromatic carbocycles. The van der Waals surface area contributed by atoms with Crippen LogP contribution in [0.5, 0.6) is 0 Å². The fraction of sp³-hybridized carbons (Fsp3) is 0.231. The van der Waals surface area contributed by atoms with Crippen LogP contribution in [0.4, 0.5) is 5.69 Å². The molecule has 1 saturated heterocycles. The molecule has 4 rings (SSSR count). The summed E-state index contributed by atoms with van der Waals surface area (Å²) in [5.41, 5.74) is 3.34. The number of benzene rings is 3. The van der Waals surface area contributed by atoms with Gasteiger partial charge in [0.2, 0.25) is 10.0 Å². The lowest BCUT2D eigenvalue weighted by atomic mass is 10.1. The number of aryl methyl sites for hydroxylation is 1. The molecule has 0 aromatic heterocycles. The molecule has 0 spiro atoms. The molecule has 7 nitrogen and oxygen atoms in total. The summed E-state index contributed by atoms with van der Waals surface area (Å²) in [7, 11) is -3.59. The van der Waals surface area contributed by atoms with Gasteiger partial charge in [0.1, 0.15) is 0 Å².